The lowest BCUT2D eigenvalue weighted by molar-refractivity contribution is 0.0909. The van der Waals surface area contributed by atoms with Crippen molar-refractivity contribution in [1.29, 1.82) is 0 Å². The van der Waals surface area contributed by atoms with Gasteiger partial charge in [-0.15, -0.1) is 0 Å². The van der Waals surface area contributed by atoms with Gasteiger partial charge in [0, 0.05) is 37.4 Å². The summed E-state index contributed by atoms with van der Waals surface area (Å²) < 4.78 is 20.3. The third-order valence-corrected chi connectivity index (χ3v) is 6.80. The molecule has 0 spiro atoms. The first kappa shape index (κ1) is 24.7. The second-order valence-electron chi connectivity index (χ2n) is 9.45. The number of benzene rings is 3. The summed E-state index contributed by atoms with van der Waals surface area (Å²) in [6.07, 6.45) is 3.57. The molecule has 7 heteroatoms. The fraction of sp³-hybridized carbons (Fsp3) is 0.267. The summed E-state index contributed by atoms with van der Waals surface area (Å²) in [5.74, 6) is 0.430. The third-order valence-electron chi connectivity index (χ3n) is 6.80. The highest BCUT2D eigenvalue weighted by Gasteiger charge is 2.24. The molecule has 1 aliphatic heterocycles. The maximum Gasteiger partial charge on any atom is 0.255 e. The van der Waals surface area contributed by atoms with Gasteiger partial charge in [0.05, 0.1) is 19.2 Å². The van der Waals surface area contributed by atoms with E-state index in [9.17, 15) is 9.18 Å². The molecule has 1 amide bonds. The van der Waals surface area contributed by atoms with E-state index in [0.717, 1.165) is 54.9 Å². The normalized spacial score (nSPS) is 14.4. The van der Waals surface area contributed by atoms with Gasteiger partial charge in [-0.3, -0.25) is 14.4 Å². The number of rotatable bonds is 8. The zero-order chi connectivity index (χ0) is 25.6. The molecule has 6 nitrogen and oxygen atoms in total. The van der Waals surface area contributed by atoms with E-state index in [2.05, 4.69) is 10.2 Å². The SMILES string of the molecule is COc1ccc(-c2nn(Cc3ccccc3)cc2C(=O)NC2CCN(Cc3ccc(F)cc3)CC2)cc1. The lowest BCUT2D eigenvalue weighted by atomic mass is 10.0. The number of amides is 1. The summed E-state index contributed by atoms with van der Waals surface area (Å²) in [7, 11) is 1.63. The number of likely N-dealkylation sites (tertiary alicyclic amines) is 1. The van der Waals surface area contributed by atoms with Gasteiger partial charge in [0.1, 0.15) is 17.3 Å². The third kappa shape index (κ3) is 6.24. The molecule has 1 saturated heterocycles. The van der Waals surface area contributed by atoms with Gasteiger partial charge in [-0.1, -0.05) is 42.5 Å². The van der Waals surface area contributed by atoms with Crippen molar-refractivity contribution in [2.75, 3.05) is 20.2 Å². The van der Waals surface area contributed by atoms with Crippen LogP contribution in [-0.4, -0.2) is 46.8 Å². The second kappa shape index (κ2) is 11.4. The molecule has 0 atom stereocenters. The molecule has 1 aliphatic rings. The van der Waals surface area contributed by atoms with Crippen LogP contribution in [0.15, 0.2) is 85.1 Å². The van der Waals surface area contributed by atoms with Crippen LogP contribution in [-0.2, 0) is 13.1 Å². The highest BCUT2D eigenvalue weighted by Crippen LogP contribution is 2.26. The number of hydrogen-bond donors (Lipinski definition) is 1. The van der Waals surface area contributed by atoms with Crippen LogP contribution in [0.4, 0.5) is 4.39 Å². The number of ether oxygens (including phenoxy) is 1. The molecule has 0 aliphatic carbocycles. The highest BCUT2D eigenvalue weighted by atomic mass is 19.1. The first-order chi connectivity index (χ1) is 18.1. The molecule has 1 fully saturated rings. The molecule has 4 aromatic rings. The van der Waals surface area contributed by atoms with Gasteiger partial charge in [-0.2, -0.15) is 5.10 Å². The Bertz CT molecular complexity index is 1310. The molecule has 0 bridgehead atoms. The molecule has 0 saturated carbocycles. The van der Waals surface area contributed by atoms with Crippen molar-refractivity contribution < 1.29 is 13.9 Å². The standard InChI is InChI=1S/C30H31FN4O2/c1-37-27-13-9-24(10-14-27)29-28(21-35(33-29)20-22-5-3-2-4-6-22)30(36)32-26-15-17-34(18-16-26)19-23-7-11-25(31)12-8-23/h2-14,21,26H,15-20H2,1H3,(H,32,36). The topological polar surface area (TPSA) is 59.4 Å². The maximum atomic E-state index is 13.5. The smallest absolute Gasteiger partial charge is 0.255 e. The molecule has 2 heterocycles. The average Bonchev–Trinajstić information content (AvgIpc) is 3.35. The van der Waals surface area contributed by atoms with Gasteiger partial charge < -0.3 is 10.1 Å². The molecule has 0 radical (unpaired) electrons. The molecule has 37 heavy (non-hydrogen) atoms. The van der Waals surface area contributed by atoms with Gasteiger partial charge in [0.25, 0.3) is 5.91 Å². The maximum absolute atomic E-state index is 13.5. The van der Waals surface area contributed by atoms with Crippen LogP contribution < -0.4 is 10.1 Å². The Morgan fingerprint density at radius 3 is 2.30 bits per heavy atom. The fourth-order valence-electron chi connectivity index (χ4n) is 4.75. The Balaban J connectivity index is 1.28. The fourth-order valence-corrected chi connectivity index (χ4v) is 4.75. The number of methoxy groups -OCH3 is 1. The predicted molar refractivity (Wildman–Crippen MR) is 142 cm³/mol. The number of piperidine rings is 1. The quantitative estimate of drug-likeness (QED) is 0.366. The Morgan fingerprint density at radius 2 is 1.62 bits per heavy atom. The lowest BCUT2D eigenvalue weighted by Gasteiger charge is -2.32. The minimum absolute atomic E-state index is 0.0955. The number of carbonyl (C=O) groups is 1. The highest BCUT2D eigenvalue weighted by molar-refractivity contribution is 6.00. The zero-order valence-corrected chi connectivity index (χ0v) is 20.9. The Hall–Kier alpha value is -3.97. The van der Waals surface area contributed by atoms with Gasteiger partial charge >= 0.3 is 0 Å². The number of nitrogens with one attached hydrogen (secondary N) is 1. The largest absolute Gasteiger partial charge is 0.497 e. The number of aromatic nitrogens is 2. The minimum Gasteiger partial charge on any atom is -0.497 e. The van der Waals surface area contributed by atoms with E-state index in [1.54, 1.807) is 7.11 Å². The van der Waals surface area contributed by atoms with Crippen LogP contribution in [0.5, 0.6) is 5.75 Å². The predicted octanol–water partition coefficient (Wildman–Crippen LogP) is 5.14. The van der Waals surface area contributed by atoms with E-state index >= 15 is 0 Å². The van der Waals surface area contributed by atoms with Gasteiger partial charge in [-0.05, 0) is 60.4 Å². The second-order valence-corrected chi connectivity index (χ2v) is 9.45. The van der Waals surface area contributed by atoms with Crippen LogP contribution in [0, 0.1) is 5.82 Å². The van der Waals surface area contributed by atoms with E-state index in [0.29, 0.717) is 17.8 Å². The minimum atomic E-state index is -0.216. The summed E-state index contributed by atoms with van der Waals surface area (Å²) in [5.41, 5.74) is 4.30. The van der Waals surface area contributed by atoms with E-state index in [-0.39, 0.29) is 17.8 Å². The number of halogens is 1. The van der Waals surface area contributed by atoms with Crippen LogP contribution in [0.2, 0.25) is 0 Å². The summed E-state index contributed by atoms with van der Waals surface area (Å²) in [6.45, 7) is 3.12. The molecule has 1 aromatic heterocycles. The van der Waals surface area contributed by atoms with E-state index in [4.69, 9.17) is 9.84 Å². The first-order valence-electron chi connectivity index (χ1n) is 12.6. The molecule has 1 N–H and O–H groups in total. The van der Waals surface area contributed by atoms with Crippen molar-refractivity contribution in [1.82, 2.24) is 20.0 Å². The molecule has 0 unspecified atom stereocenters. The Morgan fingerprint density at radius 1 is 0.946 bits per heavy atom. The van der Waals surface area contributed by atoms with Crippen molar-refractivity contribution in [3.8, 4) is 17.0 Å². The zero-order valence-electron chi connectivity index (χ0n) is 20.9. The number of nitrogens with zero attached hydrogens (tertiary/aromatic N) is 3. The number of carbonyl (C=O) groups excluding carboxylic acids is 1. The van der Waals surface area contributed by atoms with Crippen LogP contribution in [0.1, 0.15) is 34.3 Å². The van der Waals surface area contributed by atoms with Crippen molar-refractivity contribution >= 4 is 5.91 Å². The summed E-state index contributed by atoms with van der Waals surface area (Å²) >= 11 is 0. The first-order valence-corrected chi connectivity index (χ1v) is 12.6. The van der Waals surface area contributed by atoms with E-state index < -0.39 is 0 Å². The summed E-state index contributed by atoms with van der Waals surface area (Å²) in [4.78, 5) is 15.8. The summed E-state index contributed by atoms with van der Waals surface area (Å²) in [6, 6.07) is 24.5. The molecule has 5 rings (SSSR count). The molecule has 190 valence electrons. The molecular formula is C30H31FN4O2. The van der Waals surface area contributed by atoms with E-state index in [1.807, 2.05) is 77.6 Å². The van der Waals surface area contributed by atoms with Gasteiger partial charge in [0.2, 0.25) is 0 Å². The van der Waals surface area contributed by atoms with Crippen LogP contribution in [0.3, 0.4) is 0 Å². The van der Waals surface area contributed by atoms with E-state index in [1.165, 1.54) is 12.1 Å². The Kier molecular flexibility index (Phi) is 7.61. The molecular weight excluding hydrogens is 467 g/mol. The molecule has 3 aromatic carbocycles. The van der Waals surface area contributed by atoms with Crippen LogP contribution >= 0.6 is 0 Å². The summed E-state index contributed by atoms with van der Waals surface area (Å²) in [5, 5.41) is 8.03. The van der Waals surface area contributed by atoms with Crippen molar-refractivity contribution in [3.05, 3.63) is 108 Å². The van der Waals surface area contributed by atoms with Crippen LogP contribution in [0.25, 0.3) is 11.3 Å². The average molecular weight is 499 g/mol. The number of hydrogen-bond acceptors (Lipinski definition) is 4. The lowest BCUT2D eigenvalue weighted by Crippen LogP contribution is -2.44. The van der Waals surface area contributed by atoms with Crippen molar-refractivity contribution in [2.24, 2.45) is 0 Å². The van der Waals surface area contributed by atoms with Crippen molar-refractivity contribution in [3.63, 3.8) is 0 Å². The van der Waals surface area contributed by atoms with Gasteiger partial charge in [-0.25, -0.2) is 4.39 Å². The monoisotopic (exact) mass is 498 g/mol. The Labute approximate surface area is 216 Å². The van der Waals surface area contributed by atoms with Gasteiger partial charge in [0.15, 0.2) is 0 Å². The van der Waals surface area contributed by atoms with Crippen molar-refractivity contribution in [2.45, 2.75) is 32.0 Å².